The fraction of sp³-hybridized carbons (Fsp3) is 0.619. The molecule has 1 heterocycles. The summed E-state index contributed by atoms with van der Waals surface area (Å²) in [5, 5.41) is 12.2. The first-order chi connectivity index (χ1) is 12.6. The second-order valence-corrected chi connectivity index (χ2v) is 8.55. The third-order valence-corrected chi connectivity index (χ3v) is 5.34. The number of hydrogen-bond donors (Lipinski definition) is 2. The van der Waals surface area contributed by atoms with Crippen LogP contribution in [0.1, 0.15) is 51.3 Å². The van der Waals surface area contributed by atoms with E-state index in [4.69, 9.17) is 0 Å². The fourth-order valence-corrected chi connectivity index (χ4v) is 3.31. The number of nitrogens with one attached hydrogen (secondary N) is 1. The summed E-state index contributed by atoms with van der Waals surface area (Å²) in [6.45, 7) is 11.8. The maximum Gasteiger partial charge on any atom is 0.305 e. The zero-order valence-electron chi connectivity index (χ0n) is 17.2. The molecule has 0 bridgehead atoms. The van der Waals surface area contributed by atoms with Crippen molar-refractivity contribution in [2.45, 2.75) is 51.6 Å². The van der Waals surface area contributed by atoms with Crippen LogP contribution in [0.2, 0.25) is 0 Å². The second-order valence-electron chi connectivity index (χ2n) is 8.55. The largest absolute Gasteiger partial charge is 0.481 e. The molecular formula is C21H33N3O3. The third-order valence-electron chi connectivity index (χ3n) is 5.34. The highest BCUT2D eigenvalue weighted by Gasteiger charge is 2.27. The average Bonchev–Trinajstić information content (AvgIpc) is 2.60. The van der Waals surface area contributed by atoms with Crippen molar-refractivity contribution in [3.8, 4) is 0 Å². The summed E-state index contributed by atoms with van der Waals surface area (Å²) >= 11 is 0. The maximum absolute atomic E-state index is 12.8. The van der Waals surface area contributed by atoms with Crippen LogP contribution >= 0.6 is 0 Å². The molecule has 1 aromatic rings. The molecule has 27 heavy (non-hydrogen) atoms. The van der Waals surface area contributed by atoms with Crippen molar-refractivity contribution in [2.75, 3.05) is 33.2 Å². The Kier molecular flexibility index (Phi) is 7.00. The molecule has 1 saturated heterocycles. The monoisotopic (exact) mass is 375 g/mol. The predicted octanol–water partition coefficient (Wildman–Crippen LogP) is 2.25. The second kappa shape index (κ2) is 8.85. The minimum atomic E-state index is -0.924. The first-order valence-corrected chi connectivity index (χ1v) is 9.63. The van der Waals surface area contributed by atoms with Crippen molar-refractivity contribution in [2.24, 2.45) is 0 Å². The van der Waals surface area contributed by atoms with Gasteiger partial charge in [0.2, 0.25) is 5.91 Å². The highest BCUT2D eigenvalue weighted by Crippen LogP contribution is 2.25. The van der Waals surface area contributed by atoms with Gasteiger partial charge in [-0.15, -0.1) is 0 Å². The minimum absolute atomic E-state index is 0.0278. The van der Waals surface area contributed by atoms with E-state index in [-0.39, 0.29) is 23.8 Å². The first kappa shape index (κ1) is 21.4. The summed E-state index contributed by atoms with van der Waals surface area (Å²) < 4.78 is 0. The lowest BCUT2D eigenvalue weighted by atomic mass is 9.86. The first-order valence-electron chi connectivity index (χ1n) is 9.63. The van der Waals surface area contributed by atoms with E-state index in [0.717, 1.165) is 31.7 Å². The number of carboxylic acid groups (broad SMARTS) is 1. The van der Waals surface area contributed by atoms with Gasteiger partial charge in [-0.05, 0) is 30.5 Å². The van der Waals surface area contributed by atoms with E-state index in [1.807, 2.05) is 31.2 Å². The molecule has 2 rings (SSSR count). The number of hydrogen-bond acceptors (Lipinski definition) is 4. The van der Waals surface area contributed by atoms with Gasteiger partial charge in [-0.2, -0.15) is 0 Å². The van der Waals surface area contributed by atoms with Crippen molar-refractivity contribution in [1.82, 2.24) is 15.1 Å². The van der Waals surface area contributed by atoms with E-state index in [1.54, 1.807) is 0 Å². The number of rotatable bonds is 6. The molecule has 2 atom stereocenters. The number of benzene rings is 1. The summed E-state index contributed by atoms with van der Waals surface area (Å²) in [6, 6.07) is 7.08. The number of likely N-dealkylation sites (N-methyl/N-ethyl adjacent to an activating group) is 1. The normalized spacial score (nSPS) is 18.7. The van der Waals surface area contributed by atoms with Crippen LogP contribution in [0.5, 0.6) is 0 Å². The van der Waals surface area contributed by atoms with Crippen molar-refractivity contribution >= 4 is 11.9 Å². The molecule has 1 aliphatic rings. The van der Waals surface area contributed by atoms with Crippen LogP contribution in [0.15, 0.2) is 24.3 Å². The molecule has 0 aliphatic carbocycles. The van der Waals surface area contributed by atoms with E-state index in [1.165, 1.54) is 5.56 Å². The van der Waals surface area contributed by atoms with Crippen LogP contribution in [0.4, 0.5) is 0 Å². The maximum atomic E-state index is 12.8. The third kappa shape index (κ3) is 6.04. The van der Waals surface area contributed by atoms with Crippen LogP contribution in [-0.4, -0.2) is 66.1 Å². The summed E-state index contributed by atoms with van der Waals surface area (Å²) in [5.41, 5.74) is 2.03. The van der Waals surface area contributed by atoms with Crippen LogP contribution in [0, 0.1) is 0 Å². The molecular weight excluding hydrogens is 342 g/mol. The standard InChI is InChI=1S/C21H33N3O3/c1-15(24-12-10-23(5)11-13-24)20(27)22-18(14-19(25)26)16-6-8-17(9-7-16)21(2,3)4/h6-9,15,18H,10-14H2,1-5H3,(H,22,27)(H,25,26). The lowest BCUT2D eigenvalue weighted by Gasteiger charge is -2.36. The quantitative estimate of drug-likeness (QED) is 0.798. The lowest BCUT2D eigenvalue weighted by Crippen LogP contribution is -2.53. The molecule has 0 spiro atoms. The van der Waals surface area contributed by atoms with E-state index >= 15 is 0 Å². The zero-order valence-corrected chi connectivity index (χ0v) is 17.2. The van der Waals surface area contributed by atoms with Gasteiger partial charge in [0.25, 0.3) is 0 Å². The topological polar surface area (TPSA) is 72.9 Å². The van der Waals surface area contributed by atoms with E-state index in [9.17, 15) is 14.7 Å². The Morgan fingerprint density at radius 3 is 2.15 bits per heavy atom. The minimum Gasteiger partial charge on any atom is -0.481 e. The van der Waals surface area contributed by atoms with E-state index < -0.39 is 12.0 Å². The molecule has 0 radical (unpaired) electrons. The van der Waals surface area contributed by atoms with Crippen LogP contribution < -0.4 is 5.32 Å². The number of carbonyl (C=O) groups excluding carboxylic acids is 1. The lowest BCUT2D eigenvalue weighted by molar-refractivity contribution is -0.138. The van der Waals surface area contributed by atoms with Gasteiger partial charge in [-0.1, -0.05) is 45.0 Å². The van der Waals surface area contributed by atoms with Crippen molar-refractivity contribution in [3.63, 3.8) is 0 Å². The highest BCUT2D eigenvalue weighted by atomic mass is 16.4. The fourth-order valence-electron chi connectivity index (χ4n) is 3.31. The summed E-state index contributed by atoms with van der Waals surface area (Å²) in [7, 11) is 2.08. The van der Waals surface area contributed by atoms with Gasteiger partial charge >= 0.3 is 5.97 Å². The number of carboxylic acids is 1. The summed E-state index contributed by atoms with van der Waals surface area (Å²) in [5.74, 6) is -1.04. The van der Waals surface area contributed by atoms with Gasteiger partial charge in [0.15, 0.2) is 0 Å². The SMILES string of the molecule is CC(C(=O)NC(CC(=O)O)c1ccc(C(C)(C)C)cc1)N1CCN(C)CC1. The molecule has 2 unspecified atom stereocenters. The Balaban J connectivity index is 2.09. The zero-order chi connectivity index (χ0) is 20.2. The van der Waals surface area contributed by atoms with Crippen molar-refractivity contribution < 1.29 is 14.7 Å². The number of piperazine rings is 1. The van der Waals surface area contributed by atoms with Crippen molar-refractivity contribution in [1.29, 1.82) is 0 Å². The Hall–Kier alpha value is -1.92. The van der Waals surface area contributed by atoms with Crippen molar-refractivity contribution in [3.05, 3.63) is 35.4 Å². The van der Waals surface area contributed by atoms with E-state index in [0.29, 0.717) is 0 Å². The molecule has 1 fully saturated rings. The van der Waals surface area contributed by atoms with Gasteiger partial charge in [0, 0.05) is 26.2 Å². The number of nitrogens with zero attached hydrogens (tertiary/aromatic N) is 2. The molecule has 2 N–H and O–H groups in total. The summed E-state index contributed by atoms with van der Waals surface area (Å²) in [6.07, 6.45) is -0.129. The van der Waals surface area contributed by atoms with Gasteiger partial charge in [0.1, 0.15) is 0 Å². The predicted molar refractivity (Wildman–Crippen MR) is 107 cm³/mol. The van der Waals surface area contributed by atoms with Crippen LogP contribution in [-0.2, 0) is 15.0 Å². The molecule has 1 aromatic carbocycles. The molecule has 1 amide bonds. The molecule has 0 aromatic heterocycles. The Morgan fingerprint density at radius 1 is 1.11 bits per heavy atom. The van der Waals surface area contributed by atoms with E-state index in [2.05, 4.69) is 42.9 Å². The molecule has 1 aliphatic heterocycles. The van der Waals surface area contributed by atoms with Gasteiger partial charge in [-0.25, -0.2) is 0 Å². The molecule has 150 valence electrons. The number of amides is 1. The smallest absolute Gasteiger partial charge is 0.305 e. The van der Waals surface area contributed by atoms with Crippen LogP contribution in [0.3, 0.4) is 0 Å². The van der Waals surface area contributed by atoms with Gasteiger partial charge in [0.05, 0.1) is 18.5 Å². The Bertz CT molecular complexity index is 644. The molecule has 6 heteroatoms. The van der Waals surface area contributed by atoms with Gasteiger partial charge in [-0.3, -0.25) is 14.5 Å². The Morgan fingerprint density at radius 2 is 1.67 bits per heavy atom. The number of carbonyl (C=O) groups is 2. The van der Waals surface area contributed by atoms with Gasteiger partial charge < -0.3 is 15.3 Å². The van der Waals surface area contributed by atoms with Crippen LogP contribution in [0.25, 0.3) is 0 Å². The Labute approximate surface area is 162 Å². The average molecular weight is 376 g/mol. The molecule has 6 nitrogen and oxygen atoms in total. The summed E-state index contributed by atoms with van der Waals surface area (Å²) in [4.78, 5) is 28.5. The number of aliphatic carboxylic acids is 1. The molecule has 0 saturated carbocycles. The highest BCUT2D eigenvalue weighted by molar-refractivity contribution is 5.82.